The number of hydrogen-bond donors (Lipinski definition) is 1. The summed E-state index contributed by atoms with van der Waals surface area (Å²) in [6.45, 7) is 3.13. The molecule has 10 heteroatoms. The summed E-state index contributed by atoms with van der Waals surface area (Å²) in [5, 5.41) is 3.52. The van der Waals surface area contributed by atoms with Gasteiger partial charge in [0.25, 0.3) is 10.0 Å². The van der Waals surface area contributed by atoms with Gasteiger partial charge in [-0.05, 0) is 62.6 Å². The maximum atomic E-state index is 14.0. The van der Waals surface area contributed by atoms with Crippen molar-refractivity contribution >= 4 is 50.7 Å². The third-order valence-electron chi connectivity index (χ3n) is 7.39. The highest BCUT2D eigenvalue weighted by Crippen LogP contribution is 2.31. The Labute approximate surface area is 252 Å². The summed E-state index contributed by atoms with van der Waals surface area (Å²) in [4.78, 5) is 28.9. The van der Waals surface area contributed by atoms with Gasteiger partial charge < -0.3 is 10.2 Å². The minimum Gasteiger partial charge on any atom is -0.352 e. The minimum atomic E-state index is -4.19. The Bertz CT molecular complexity index is 1460. The first-order valence-corrected chi connectivity index (χ1v) is 15.9. The lowest BCUT2D eigenvalue weighted by Gasteiger charge is -2.33. The van der Waals surface area contributed by atoms with E-state index in [1.54, 1.807) is 19.1 Å². The Morgan fingerprint density at radius 2 is 1.59 bits per heavy atom. The summed E-state index contributed by atoms with van der Waals surface area (Å²) < 4.78 is 28.9. The molecule has 0 aromatic heterocycles. The molecule has 1 fully saturated rings. The van der Waals surface area contributed by atoms with Gasteiger partial charge in [-0.25, -0.2) is 8.42 Å². The van der Waals surface area contributed by atoms with Crippen molar-refractivity contribution < 1.29 is 18.0 Å². The number of nitrogens with one attached hydrogen (secondary N) is 1. The monoisotopic (exact) mass is 615 g/mol. The number of anilines is 1. The van der Waals surface area contributed by atoms with Gasteiger partial charge in [-0.1, -0.05) is 90.5 Å². The number of halogens is 2. The number of aryl methyl sites for hydroxylation is 1. The topological polar surface area (TPSA) is 86.8 Å². The summed E-state index contributed by atoms with van der Waals surface area (Å²) in [7, 11) is -4.19. The van der Waals surface area contributed by atoms with Gasteiger partial charge in [0.2, 0.25) is 11.8 Å². The van der Waals surface area contributed by atoms with Crippen LogP contribution >= 0.6 is 23.2 Å². The molecule has 0 saturated heterocycles. The zero-order valence-electron chi connectivity index (χ0n) is 23.2. The van der Waals surface area contributed by atoms with Crippen LogP contribution in [0.2, 0.25) is 10.0 Å². The van der Waals surface area contributed by atoms with Crippen LogP contribution in [-0.2, 0) is 26.2 Å². The molecule has 1 aliphatic carbocycles. The molecule has 4 rings (SSSR count). The summed E-state index contributed by atoms with van der Waals surface area (Å²) >= 11 is 12.4. The summed E-state index contributed by atoms with van der Waals surface area (Å²) in [5.41, 5.74) is 1.90. The lowest BCUT2D eigenvalue weighted by molar-refractivity contribution is -0.139. The van der Waals surface area contributed by atoms with E-state index in [1.165, 1.54) is 35.2 Å². The van der Waals surface area contributed by atoms with Crippen molar-refractivity contribution in [3.8, 4) is 0 Å². The van der Waals surface area contributed by atoms with E-state index in [0.717, 1.165) is 47.5 Å². The molecule has 7 nitrogen and oxygen atoms in total. The van der Waals surface area contributed by atoms with Crippen molar-refractivity contribution in [3.63, 3.8) is 0 Å². The van der Waals surface area contributed by atoms with Crippen molar-refractivity contribution in [1.29, 1.82) is 0 Å². The average molecular weight is 617 g/mol. The van der Waals surface area contributed by atoms with Crippen LogP contribution in [0.3, 0.4) is 0 Å². The summed E-state index contributed by atoms with van der Waals surface area (Å²) in [6, 6.07) is 19.4. The van der Waals surface area contributed by atoms with Gasteiger partial charge in [0, 0.05) is 12.6 Å². The number of benzene rings is 3. The fraction of sp³-hybridized carbons (Fsp3) is 0.355. The second-order valence-corrected chi connectivity index (χ2v) is 13.1. The van der Waals surface area contributed by atoms with Gasteiger partial charge in [0.05, 0.1) is 20.6 Å². The number of hydrogen-bond acceptors (Lipinski definition) is 4. The molecule has 0 spiro atoms. The van der Waals surface area contributed by atoms with Crippen molar-refractivity contribution in [2.24, 2.45) is 0 Å². The van der Waals surface area contributed by atoms with Crippen molar-refractivity contribution in [2.75, 3.05) is 10.8 Å². The lowest BCUT2D eigenvalue weighted by atomic mass is 9.95. The Balaban J connectivity index is 1.68. The zero-order chi connectivity index (χ0) is 29.6. The SMILES string of the molecule is Cc1ccc(S(=O)(=O)N(CC(=O)N(Cc2ccccc2)[C@H](C)C(=O)NC2CCCCC2)c2ccc(Cl)c(Cl)c2)cc1. The highest BCUT2D eigenvalue weighted by molar-refractivity contribution is 7.92. The van der Waals surface area contributed by atoms with Crippen molar-refractivity contribution in [1.82, 2.24) is 10.2 Å². The van der Waals surface area contributed by atoms with E-state index in [-0.39, 0.29) is 39.1 Å². The van der Waals surface area contributed by atoms with E-state index in [0.29, 0.717) is 0 Å². The van der Waals surface area contributed by atoms with Gasteiger partial charge in [-0.15, -0.1) is 0 Å². The molecular weight excluding hydrogens is 581 g/mol. The maximum absolute atomic E-state index is 14.0. The molecule has 3 aromatic carbocycles. The quantitative estimate of drug-likeness (QED) is 0.287. The largest absolute Gasteiger partial charge is 0.352 e. The van der Waals surface area contributed by atoms with Gasteiger partial charge in [-0.2, -0.15) is 0 Å². The number of rotatable bonds is 10. The van der Waals surface area contributed by atoms with Crippen molar-refractivity contribution in [2.45, 2.75) is 69.5 Å². The van der Waals surface area contributed by atoms with E-state index < -0.39 is 28.5 Å². The van der Waals surface area contributed by atoms with Gasteiger partial charge in [-0.3, -0.25) is 13.9 Å². The maximum Gasteiger partial charge on any atom is 0.264 e. The molecule has 0 radical (unpaired) electrons. The Hall–Kier alpha value is -3.07. The van der Waals surface area contributed by atoms with Crippen LogP contribution in [0.1, 0.15) is 50.2 Å². The van der Waals surface area contributed by atoms with Gasteiger partial charge in [0.15, 0.2) is 0 Å². The third kappa shape index (κ3) is 7.82. The lowest BCUT2D eigenvalue weighted by Crippen LogP contribution is -2.53. The molecule has 0 bridgehead atoms. The van der Waals surface area contributed by atoms with Gasteiger partial charge >= 0.3 is 0 Å². The molecular formula is C31H35Cl2N3O4S. The Morgan fingerprint density at radius 3 is 2.22 bits per heavy atom. The standard InChI is InChI=1S/C31H35Cl2N3O4S/c1-22-13-16-27(17-14-22)41(39,40)36(26-15-18-28(32)29(33)19-26)21-30(37)35(20-24-9-5-3-6-10-24)23(2)31(38)34-25-11-7-4-8-12-25/h3,5-6,9-10,13-19,23,25H,4,7-8,11-12,20-21H2,1-2H3,(H,34,38)/t23-/m1/s1. The second kappa shape index (κ2) is 13.7. The molecule has 3 aromatic rings. The molecule has 0 aliphatic heterocycles. The number of nitrogens with zero attached hydrogens (tertiary/aromatic N) is 2. The molecule has 1 saturated carbocycles. The number of carbonyl (C=O) groups excluding carboxylic acids is 2. The van der Waals surface area contributed by atoms with Crippen LogP contribution in [0, 0.1) is 6.92 Å². The Morgan fingerprint density at radius 1 is 0.927 bits per heavy atom. The molecule has 218 valence electrons. The molecule has 2 amide bonds. The normalized spacial score (nSPS) is 14.7. The van der Waals surface area contributed by atoms with Crippen LogP contribution in [-0.4, -0.2) is 43.8 Å². The predicted octanol–water partition coefficient (Wildman–Crippen LogP) is 6.36. The molecule has 1 N–H and O–H groups in total. The van der Waals surface area contributed by atoms with Crippen LogP contribution in [0.4, 0.5) is 5.69 Å². The first kappa shape index (κ1) is 30.9. The average Bonchev–Trinajstić information content (AvgIpc) is 2.97. The number of amides is 2. The van der Waals surface area contributed by atoms with Crippen LogP contribution in [0.25, 0.3) is 0 Å². The fourth-order valence-corrected chi connectivity index (χ4v) is 6.64. The van der Waals surface area contributed by atoms with E-state index >= 15 is 0 Å². The number of sulfonamides is 1. The van der Waals surface area contributed by atoms with Crippen LogP contribution in [0.5, 0.6) is 0 Å². The van der Waals surface area contributed by atoms with E-state index in [1.807, 2.05) is 37.3 Å². The smallest absolute Gasteiger partial charge is 0.264 e. The van der Waals surface area contributed by atoms with Crippen LogP contribution < -0.4 is 9.62 Å². The van der Waals surface area contributed by atoms with Gasteiger partial charge in [0.1, 0.15) is 12.6 Å². The second-order valence-electron chi connectivity index (χ2n) is 10.4. The zero-order valence-corrected chi connectivity index (χ0v) is 25.6. The van der Waals surface area contributed by atoms with E-state index in [9.17, 15) is 18.0 Å². The van der Waals surface area contributed by atoms with E-state index in [4.69, 9.17) is 23.2 Å². The third-order valence-corrected chi connectivity index (χ3v) is 9.92. The van der Waals surface area contributed by atoms with Crippen LogP contribution in [0.15, 0.2) is 77.7 Å². The molecule has 0 unspecified atom stereocenters. The predicted molar refractivity (Wildman–Crippen MR) is 164 cm³/mol. The highest BCUT2D eigenvalue weighted by Gasteiger charge is 2.33. The first-order valence-electron chi connectivity index (χ1n) is 13.7. The highest BCUT2D eigenvalue weighted by atomic mass is 35.5. The molecule has 41 heavy (non-hydrogen) atoms. The number of carbonyl (C=O) groups is 2. The molecule has 1 atom stereocenters. The Kier molecular flexibility index (Phi) is 10.3. The van der Waals surface area contributed by atoms with E-state index in [2.05, 4.69) is 5.32 Å². The first-order chi connectivity index (χ1) is 19.6. The summed E-state index contributed by atoms with van der Waals surface area (Å²) in [6.07, 6.45) is 5.08. The minimum absolute atomic E-state index is 0.0275. The van der Waals surface area contributed by atoms with Crippen molar-refractivity contribution in [3.05, 3.63) is 94.0 Å². The fourth-order valence-electron chi connectivity index (χ4n) is 4.94. The summed E-state index contributed by atoms with van der Waals surface area (Å²) in [5.74, 6) is -0.787. The molecule has 1 aliphatic rings. The molecule has 0 heterocycles.